The molecule has 0 saturated heterocycles. The van der Waals surface area contributed by atoms with Crippen LogP contribution < -0.4 is 0 Å². The highest BCUT2D eigenvalue weighted by atomic mass is 14.3. The average Bonchev–Trinajstić information content (AvgIpc) is 2.60. The normalized spacial score (nSPS) is 18.1. The third-order valence-electron chi connectivity index (χ3n) is 4.65. The van der Waals surface area contributed by atoms with Crippen molar-refractivity contribution in [3.8, 4) is 6.07 Å². The SMILES string of the molecule is CC(C)c1ccc(C2CCCCCCCC2)cc1C#N. The summed E-state index contributed by atoms with van der Waals surface area (Å²) in [7, 11) is 0. The number of nitriles is 1. The Labute approximate surface area is 124 Å². The molecule has 0 radical (unpaired) electrons. The lowest BCUT2D eigenvalue weighted by Crippen LogP contribution is -2.02. The standard InChI is InChI=1S/C19H27N/c1-15(2)19-12-11-17(13-18(19)14-20)16-9-7-5-3-4-6-8-10-16/h11-13,15-16H,3-10H2,1-2H3. The Morgan fingerprint density at radius 1 is 1.00 bits per heavy atom. The van der Waals surface area contributed by atoms with Crippen molar-refractivity contribution in [1.82, 2.24) is 0 Å². The third kappa shape index (κ3) is 3.85. The van der Waals surface area contributed by atoms with Gasteiger partial charge in [-0.25, -0.2) is 0 Å². The van der Waals surface area contributed by atoms with Crippen molar-refractivity contribution in [2.75, 3.05) is 0 Å². The van der Waals surface area contributed by atoms with Crippen molar-refractivity contribution in [3.05, 3.63) is 34.9 Å². The van der Waals surface area contributed by atoms with Crippen molar-refractivity contribution in [1.29, 1.82) is 5.26 Å². The van der Waals surface area contributed by atoms with E-state index in [9.17, 15) is 5.26 Å². The fraction of sp³-hybridized carbons (Fsp3) is 0.632. The molecule has 1 saturated carbocycles. The van der Waals surface area contributed by atoms with Crippen LogP contribution in [0, 0.1) is 11.3 Å². The zero-order valence-corrected chi connectivity index (χ0v) is 13.0. The van der Waals surface area contributed by atoms with Gasteiger partial charge in [0.1, 0.15) is 0 Å². The summed E-state index contributed by atoms with van der Waals surface area (Å²) in [4.78, 5) is 0. The Bertz CT molecular complexity index is 457. The number of benzene rings is 1. The van der Waals surface area contributed by atoms with Crippen LogP contribution in [0.25, 0.3) is 0 Å². The van der Waals surface area contributed by atoms with Gasteiger partial charge >= 0.3 is 0 Å². The van der Waals surface area contributed by atoms with Gasteiger partial charge in [-0.05, 0) is 41.9 Å². The predicted octanol–water partition coefficient (Wildman–Crippen LogP) is 5.90. The highest BCUT2D eigenvalue weighted by Gasteiger charge is 2.15. The Hall–Kier alpha value is -1.29. The maximum atomic E-state index is 9.39. The van der Waals surface area contributed by atoms with E-state index in [4.69, 9.17) is 0 Å². The van der Waals surface area contributed by atoms with E-state index in [0.29, 0.717) is 11.8 Å². The fourth-order valence-corrected chi connectivity index (χ4v) is 3.39. The predicted molar refractivity (Wildman–Crippen MR) is 84.9 cm³/mol. The molecular weight excluding hydrogens is 242 g/mol. The van der Waals surface area contributed by atoms with E-state index in [1.807, 2.05) is 0 Å². The second-order valence-corrected chi connectivity index (χ2v) is 6.51. The van der Waals surface area contributed by atoms with Crippen molar-refractivity contribution >= 4 is 0 Å². The zero-order valence-electron chi connectivity index (χ0n) is 13.0. The van der Waals surface area contributed by atoms with E-state index in [-0.39, 0.29) is 0 Å². The average molecular weight is 269 g/mol. The summed E-state index contributed by atoms with van der Waals surface area (Å²) in [6.45, 7) is 4.33. The second kappa shape index (κ2) is 7.48. The third-order valence-corrected chi connectivity index (χ3v) is 4.65. The van der Waals surface area contributed by atoms with E-state index in [1.165, 1.54) is 62.5 Å². The molecule has 0 aromatic heterocycles. The summed E-state index contributed by atoms with van der Waals surface area (Å²) < 4.78 is 0. The molecule has 1 heteroatoms. The molecule has 0 unspecified atom stereocenters. The van der Waals surface area contributed by atoms with Gasteiger partial charge in [0.2, 0.25) is 0 Å². The molecule has 0 spiro atoms. The maximum Gasteiger partial charge on any atom is 0.0994 e. The van der Waals surface area contributed by atoms with Gasteiger partial charge in [0.25, 0.3) is 0 Å². The van der Waals surface area contributed by atoms with E-state index in [1.54, 1.807) is 0 Å². The number of hydrogen-bond acceptors (Lipinski definition) is 1. The number of rotatable bonds is 2. The Morgan fingerprint density at radius 3 is 2.15 bits per heavy atom. The van der Waals surface area contributed by atoms with Gasteiger partial charge in [0.15, 0.2) is 0 Å². The van der Waals surface area contributed by atoms with Crippen LogP contribution in [0.2, 0.25) is 0 Å². The van der Waals surface area contributed by atoms with Crippen LogP contribution in [-0.4, -0.2) is 0 Å². The van der Waals surface area contributed by atoms with Crippen LogP contribution in [0.5, 0.6) is 0 Å². The molecule has 0 heterocycles. The maximum absolute atomic E-state index is 9.39. The molecule has 2 rings (SSSR count). The highest BCUT2D eigenvalue weighted by Crippen LogP contribution is 2.32. The first-order valence-electron chi connectivity index (χ1n) is 8.26. The molecule has 20 heavy (non-hydrogen) atoms. The van der Waals surface area contributed by atoms with Crippen molar-refractivity contribution in [2.24, 2.45) is 0 Å². The Morgan fingerprint density at radius 2 is 1.60 bits per heavy atom. The largest absolute Gasteiger partial charge is 0.192 e. The highest BCUT2D eigenvalue weighted by molar-refractivity contribution is 5.43. The Kier molecular flexibility index (Phi) is 5.65. The van der Waals surface area contributed by atoms with Gasteiger partial charge in [0.05, 0.1) is 11.6 Å². The molecule has 1 nitrogen and oxygen atoms in total. The minimum Gasteiger partial charge on any atom is -0.192 e. The minimum absolute atomic E-state index is 0.430. The lowest BCUT2D eigenvalue weighted by Gasteiger charge is -2.18. The van der Waals surface area contributed by atoms with Gasteiger partial charge in [-0.2, -0.15) is 5.26 Å². The first-order valence-corrected chi connectivity index (χ1v) is 8.26. The van der Waals surface area contributed by atoms with Crippen LogP contribution in [0.15, 0.2) is 18.2 Å². The van der Waals surface area contributed by atoms with Crippen molar-refractivity contribution in [2.45, 2.75) is 77.0 Å². The summed E-state index contributed by atoms with van der Waals surface area (Å²) in [6, 6.07) is 9.02. The van der Waals surface area contributed by atoms with E-state index >= 15 is 0 Å². The van der Waals surface area contributed by atoms with Gasteiger partial charge in [-0.15, -0.1) is 0 Å². The van der Waals surface area contributed by atoms with E-state index < -0.39 is 0 Å². The molecule has 0 amide bonds. The molecule has 1 aromatic carbocycles. The van der Waals surface area contributed by atoms with Gasteiger partial charge in [-0.3, -0.25) is 0 Å². The molecule has 1 fully saturated rings. The van der Waals surface area contributed by atoms with Gasteiger partial charge in [0, 0.05) is 0 Å². The molecule has 0 atom stereocenters. The zero-order chi connectivity index (χ0) is 14.4. The smallest absolute Gasteiger partial charge is 0.0994 e. The van der Waals surface area contributed by atoms with Crippen LogP contribution in [0.4, 0.5) is 0 Å². The van der Waals surface area contributed by atoms with Crippen LogP contribution in [-0.2, 0) is 0 Å². The molecular formula is C19H27N. The molecule has 1 aromatic rings. The fourth-order valence-electron chi connectivity index (χ4n) is 3.39. The van der Waals surface area contributed by atoms with E-state index in [2.05, 4.69) is 38.1 Å². The minimum atomic E-state index is 0.430. The summed E-state index contributed by atoms with van der Waals surface area (Å²) in [6.07, 6.45) is 10.9. The lowest BCUT2D eigenvalue weighted by molar-refractivity contribution is 0.539. The first kappa shape index (κ1) is 15.1. The first-order chi connectivity index (χ1) is 9.72. The van der Waals surface area contributed by atoms with Gasteiger partial charge < -0.3 is 0 Å². The summed E-state index contributed by atoms with van der Waals surface area (Å²) in [5.41, 5.74) is 3.48. The quantitative estimate of drug-likeness (QED) is 0.655. The van der Waals surface area contributed by atoms with Crippen LogP contribution in [0.3, 0.4) is 0 Å². The van der Waals surface area contributed by atoms with Crippen molar-refractivity contribution in [3.63, 3.8) is 0 Å². The number of nitrogens with zero attached hydrogens (tertiary/aromatic N) is 1. The summed E-state index contributed by atoms with van der Waals surface area (Å²) in [5, 5.41) is 9.39. The summed E-state index contributed by atoms with van der Waals surface area (Å²) in [5.74, 6) is 1.10. The molecule has 0 aliphatic heterocycles. The monoisotopic (exact) mass is 269 g/mol. The Balaban J connectivity index is 2.20. The topological polar surface area (TPSA) is 23.8 Å². The molecule has 0 bridgehead atoms. The second-order valence-electron chi connectivity index (χ2n) is 6.51. The van der Waals surface area contributed by atoms with Crippen molar-refractivity contribution < 1.29 is 0 Å². The lowest BCUT2D eigenvalue weighted by atomic mass is 9.86. The molecule has 108 valence electrons. The van der Waals surface area contributed by atoms with Gasteiger partial charge in [-0.1, -0.05) is 64.5 Å². The molecule has 1 aliphatic carbocycles. The molecule has 1 aliphatic rings. The summed E-state index contributed by atoms with van der Waals surface area (Å²) >= 11 is 0. The van der Waals surface area contributed by atoms with E-state index in [0.717, 1.165) is 5.56 Å². The van der Waals surface area contributed by atoms with Crippen LogP contribution >= 0.6 is 0 Å². The molecule has 0 N–H and O–H groups in total. The van der Waals surface area contributed by atoms with Crippen LogP contribution in [0.1, 0.15) is 93.7 Å². The number of hydrogen-bond donors (Lipinski definition) is 0.